The van der Waals surface area contributed by atoms with Crippen LogP contribution in [0, 0.1) is 17.1 Å². The Morgan fingerprint density at radius 2 is 2.03 bits per heavy atom. The number of nitriles is 1. The van der Waals surface area contributed by atoms with Gasteiger partial charge in [-0.15, -0.1) is 0 Å². The number of hydrogen-bond donors (Lipinski definition) is 2. The molecule has 35 heavy (non-hydrogen) atoms. The summed E-state index contributed by atoms with van der Waals surface area (Å²) in [5, 5.41) is 11.2. The van der Waals surface area contributed by atoms with Crippen LogP contribution in [0.5, 0.6) is 0 Å². The van der Waals surface area contributed by atoms with Gasteiger partial charge in [0.15, 0.2) is 5.78 Å². The van der Waals surface area contributed by atoms with Crippen molar-refractivity contribution in [2.45, 2.75) is 25.8 Å². The van der Waals surface area contributed by atoms with Crippen molar-refractivity contribution in [1.82, 2.24) is 0 Å². The maximum absolute atomic E-state index is 15.4. The molecule has 0 saturated heterocycles. The number of allylic oxidation sites excluding steroid dienone is 1. The van der Waals surface area contributed by atoms with Crippen LogP contribution in [0.15, 0.2) is 64.7 Å². The van der Waals surface area contributed by atoms with Crippen molar-refractivity contribution in [2.24, 2.45) is 21.5 Å². The van der Waals surface area contributed by atoms with Crippen molar-refractivity contribution in [2.75, 3.05) is 13.6 Å². The molecule has 4 N–H and O–H groups in total. The van der Waals surface area contributed by atoms with Gasteiger partial charge in [0.2, 0.25) is 0 Å². The molecular weight excluding hydrogens is 441 g/mol. The average molecular weight is 468 g/mol. The number of carbonyl (C=O) groups is 1. The van der Waals surface area contributed by atoms with Crippen LogP contribution in [0.1, 0.15) is 52.4 Å². The zero-order valence-electron chi connectivity index (χ0n) is 19.7. The maximum atomic E-state index is 15.4. The lowest BCUT2D eigenvalue weighted by Gasteiger charge is -2.17. The molecule has 0 spiro atoms. The van der Waals surface area contributed by atoms with Crippen LogP contribution in [-0.4, -0.2) is 36.8 Å². The Kier molecular flexibility index (Phi) is 6.85. The van der Waals surface area contributed by atoms with Gasteiger partial charge in [0, 0.05) is 48.3 Å². The number of nitrogens with zero attached hydrogens (tertiary/aromatic N) is 3. The van der Waals surface area contributed by atoms with E-state index in [1.54, 1.807) is 42.5 Å². The van der Waals surface area contributed by atoms with E-state index in [9.17, 15) is 10.1 Å². The van der Waals surface area contributed by atoms with E-state index in [2.05, 4.69) is 11.1 Å². The predicted molar refractivity (Wildman–Crippen MR) is 138 cm³/mol. The summed E-state index contributed by atoms with van der Waals surface area (Å²) in [6, 6.07) is 15.8. The smallest absolute Gasteiger partial charge is 0.165 e. The van der Waals surface area contributed by atoms with Gasteiger partial charge < -0.3 is 11.5 Å². The number of benzene rings is 3. The highest BCUT2D eigenvalue weighted by molar-refractivity contribution is 6.33. The number of ketones is 1. The molecular formula is C28H26FN5O. The number of Topliss-reactive ketones (excluding diaryl/α,β-unsaturated/α-hetero) is 1. The largest absolute Gasteiger partial charge is 0.404 e. The van der Waals surface area contributed by atoms with Gasteiger partial charge >= 0.3 is 0 Å². The standard InChI is InChI=1S/C28H26FN5O/c1-3-18-12-26(35)20-9-8-17(10-21(20)25(15-32)34-18)22(13-30)28(33-2)27-23(14-31)19-7-5-4-6-16(19)11-24(27)29/h4-11,13,18H,3,12,15,30,32H2,1-2H3/b22-13-,33-28?. The lowest BCUT2D eigenvalue weighted by molar-refractivity contribution is 0.0975. The molecule has 1 aliphatic heterocycles. The molecule has 0 bridgehead atoms. The minimum absolute atomic E-state index is 0.000556. The van der Waals surface area contributed by atoms with Crippen molar-refractivity contribution in [3.05, 3.63) is 88.4 Å². The molecule has 0 fully saturated rings. The zero-order valence-corrected chi connectivity index (χ0v) is 19.7. The van der Waals surface area contributed by atoms with E-state index in [0.29, 0.717) is 45.2 Å². The molecule has 1 heterocycles. The summed E-state index contributed by atoms with van der Waals surface area (Å²) in [5.74, 6) is -0.569. The van der Waals surface area contributed by atoms with Crippen LogP contribution in [0.25, 0.3) is 16.3 Å². The third-order valence-electron chi connectivity index (χ3n) is 6.36. The minimum Gasteiger partial charge on any atom is -0.404 e. The fourth-order valence-electron chi connectivity index (χ4n) is 4.59. The van der Waals surface area contributed by atoms with Crippen LogP contribution >= 0.6 is 0 Å². The number of rotatable bonds is 5. The summed E-state index contributed by atoms with van der Waals surface area (Å²) in [7, 11) is 1.53. The highest BCUT2D eigenvalue weighted by Crippen LogP contribution is 2.31. The summed E-state index contributed by atoms with van der Waals surface area (Å²) < 4.78 is 15.4. The number of halogens is 1. The first-order valence-corrected chi connectivity index (χ1v) is 11.4. The fraction of sp³-hybridized carbons (Fsp3) is 0.214. The topological polar surface area (TPSA) is 118 Å². The van der Waals surface area contributed by atoms with Gasteiger partial charge in [-0.1, -0.05) is 43.3 Å². The second kappa shape index (κ2) is 10.00. The monoisotopic (exact) mass is 467 g/mol. The first-order chi connectivity index (χ1) is 17.0. The Bertz CT molecular complexity index is 1460. The Morgan fingerprint density at radius 3 is 2.69 bits per heavy atom. The second-order valence-corrected chi connectivity index (χ2v) is 8.32. The van der Waals surface area contributed by atoms with E-state index in [4.69, 9.17) is 16.5 Å². The van der Waals surface area contributed by atoms with Crippen LogP contribution in [-0.2, 0) is 0 Å². The molecule has 3 aromatic carbocycles. The maximum Gasteiger partial charge on any atom is 0.165 e. The molecule has 0 saturated carbocycles. The normalized spacial score (nSPS) is 16.5. The summed E-state index contributed by atoms with van der Waals surface area (Å²) in [6.07, 6.45) is 2.39. The van der Waals surface area contributed by atoms with Crippen LogP contribution < -0.4 is 11.5 Å². The van der Waals surface area contributed by atoms with E-state index in [1.165, 1.54) is 19.3 Å². The summed E-state index contributed by atoms with van der Waals surface area (Å²) in [6.45, 7) is 2.16. The molecule has 4 rings (SSSR count). The van der Waals surface area contributed by atoms with Gasteiger partial charge in [0.05, 0.1) is 28.6 Å². The first kappa shape index (κ1) is 24.0. The molecule has 1 atom stereocenters. The Hall–Kier alpha value is -4.15. The quantitative estimate of drug-likeness (QED) is 0.541. The number of aliphatic imine (C=N–C) groups is 2. The van der Waals surface area contributed by atoms with Crippen molar-refractivity contribution in [3.8, 4) is 6.07 Å². The molecule has 3 aromatic rings. The van der Waals surface area contributed by atoms with E-state index in [1.807, 2.05) is 6.92 Å². The highest BCUT2D eigenvalue weighted by Gasteiger charge is 2.26. The molecule has 0 radical (unpaired) electrons. The molecule has 6 nitrogen and oxygen atoms in total. The Morgan fingerprint density at radius 1 is 1.26 bits per heavy atom. The van der Waals surface area contributed by atoms with Crippen molar-refractivity contribution >= 4 is 33.6 Å². The Balaban J connectivity index is 1.91. The van der Waals surface area contributed by atoms with Crippen LogP contribution in [0.3, 0.4) is 0 Å². The molecule has 0 amide bonds. The van der Waals surface area contributed by atoms with E-state index in [-0.39, 0.29) is 35.2 Å². The van der Waals surface area contributed by atoms with E-state index >= 15 is 4.39 Å². The SMILES string of the molecule is CCC1CC(=O)c2ccc(/C(=C/N)C(=NC)c3c(F)cc4ccccc4c3C#N)cc2C(CN)=N1. The van der Waals surface area contributed by atoms with Crippen LogP contribution in [0.4, 0.5) is 4.39 Å². The lowest BCUT2D eigenvalue weighted by Crippen LogP contribution is -2.18. The van der Waals surface area contributed by atoms with Gasteiger partial charge in [-0.2, -0.15) is 5.26 Å². The van der Waals surface area contributed by atoms with E-state index in [0.717, 1.165) is 6.42 Å². The molecule has 176 valence electrons. The van der Waals surface area contributed by atoms with E-state index < -0.39 is 5.82 Å². The predicted octanol–water partition coefficient (Wildman–Crippen LogP) is 4.38. The lowest BCUT2D eigenvalue weighted by atomic mass is 9.88. The minimum atomic E-state index is -0.569. The summed E-state index contributed by atoms with van der Waals surface area (Å²) in [5.41, 5.74) is 15.4. The van der Waals surface area contributed by atoms with Gasteiger partial charge in [0.1, 0.15) is 11.9 Å². The molecule has 7 heteroatoms. The number of carbonyl (C=O) groups excluding carboxylic acids is 1. The molecule has 1 aliphatic rings. The number of hydrogen-bond acceptors (Lipinski definition) is 6. The number of fused-ring (bicyclic) bond motifs is 2. The van der Waals surface area contributed by atoms with Gasteiger partial charge in [0.25, 0.3) is 0 Å². The average Bonchev–Trinajstić information content (AvgIpc) is 3.02. The highest BCUT2D eigenvalue weighted by atomic mass is 19.1. The van der Waals surface area contributed by atoms with Crippen molar-refractivity contribution in [3.63, 3.8) is 0 Å². The van der Waals surface area contributed by atoms with Gasteiger partial charge in [-0.3, -0.25) is 14.8 Å². The van der Waals surface area contributed by atoms with Crippen molar-refractivity contribution in [1.29, 1.82) is 5.26 Å². The Labute approximate surface area is 203 Å². The van der Waals surface area contributed by atoms with Crippen LogP contribution in [0.2, 0.25) is 0 Å². The zero-order chi connectivity index (χ0) is 25.1. The second-order valence-electron chi connectivity index (χ2n) is 8.32. The summed E-state index contributed by atoms with van der Waals surface area (Å²) >= 11 is 0. The van der Waals surface area contributed by atoms with Gasteiger partial charge in [-0.05, 0) is 29.5 Å². The third kappa shape index (κ3) is 4.25. The van der Waals surface area contributed by atoms with Gasteiger partial charge in [-0.25, -0.2) is 4.39 Å². The summed E-state index contributed by atoms with van der Waals surface area (Å²) in [4.78, 5) is 22.0. The molecule has 0 aliphatic carbocycles. The third-order valence-corrected chi connectivity index (χ3v) is 6.36. The molecule has 1 unspecified atom stereocenters. The number of nitrogens with two attached hydrogens (primary N) is 2. The first-order valence-electron chi connectivity index (χ1n) is 11.4. The fourth-order valence-corrected chi connectivity index (χ4v) is 4.59. The van der Waals surface area contributed by atoms with Crippen molar-refractivity contribution < 1.29 is 9.18 Å². The molecule has 0 aromatic heterocycles.